The number of rotatable bonds is 7. The molecule has 8 nitrogen and oxygen atoms in total. The van der Waals surface area contributed by atoms with Crippen LogP contribution in [0.4, 0.5) is 17.1 Å². The first kappa shape index (κ1) is 21.5. The Morgan fingerprint density at radius 2 is 1.68 bits per heavy atom. The normalized spacial score (nSPS) is 10.3. The van der Waals surface area contributed by atoms with E-state index in [0.29, 0.717) is 23.5 Å². The van der Waals surface area contributed by atoms with Crippen LogP contribution >= 0.6 is 0 Å². The first-order chi connectivity index (χ1) is 14.8. The summed E-state index contributed by atoms with van der Waals surface area (Å²) in [5, 5.41) is 17.3. The van der Waals surface area contributed by atoms with Crippen LogP contribution < -0.4 is 10.6 Å². The second kappa shape index (κ2) is 9.53. The smallest absolute Gasteiger partial charge is 0.293 e. The van der Waals surface area contributed by atoms with Crippen LogP contribution in [0.25, 0.3) is 0 Å². The molecule has 0 radical (unpaired) electrons. The van der Waals surface area contributed by atoms with E-state index >= 15 is 0 Å². The lowest BCUT2D eigenvalue weighted by molar-refractivity contribution is -0.384. The summed E-state index contributed by atoms with van der Waals surface area (Å²) in [5.74, 6) is -0.701. The maximum absolute atomic E-state index is 12.6. The molecule has 3 rings (SSSR count). The number of carbonyl (C=O) groups is 2. The lowest BCUT2D eigenvalue weighted by Crippen LogP contribution is -2.22. The molecule has 0 saturated carbocycles. The zero-order valence-corrected chi connectivity index (χ0v) is 17.2. The molecule has 3 aromatic rings. The van der Waals surface area contributed by atoms with E-state index < -0.39 is 10.8 Å². The number of carbonyl (C=O) groups excluding carboxylic acids is 2. The number of amides is 2. The Hall–Kier alpha value is -4.20. The van der Waals surface area contributed by atoms with Crippen LogP contribution in [-0.2, 0) is 6.54 Å². The number of nitrogens with zero attached hydrogens (tertiary/aromatic N) is 2. The van der Waals surface area contributed by atoms with Gasteiger partial charge in [0.15, 0.2) is 0 Å². The van der Waals surface area contributed by atoms with Crippen LogP contribution in [0.15, 0.2) is 72.8 Å². The number of benzene rings is 3. The summed E-state index contributed by atoms with van der Waals surface area (Å²) in [6, 6.07) is 20.3. The van der Waals surface area contributed by atoms with Crippen molar-refractivity contribution in [3.05, 3.63) is 99.6 Å². The molecule has 8 heteroatoms. The topological polar surface area (TPSA) is 105 Å². The highest BCUT2D eigenvalue weighted by Gasteiger charge is 2.18. The van der Waals surface area contributed by atoms with Crippen molar-refractivity contribution in [2.45, 2.75) is 6.54 Å². The van der Waals surface area contributed by atoms with E-state index in [1.54, 1.807) is 38.4 Å². The van der Waals surface area contributed by atoms with Gasteiger partial charge in [0.2, 0.25) is 0 Å². The van der Waals surface area contributed by atoms with Crippen molar-refractivity contribution < 1.29 is 14.5 Å². The maximum atomic E-state index is 12.6. The molecule has 0 atom stereocenters. The Morgan fingerprint density at radius 1 is 0.935 bits per heavy atom. The van der Waals surface area contributed by atoms with Gasteiger partial charge in [-0.3, -0.25) is 19.7 Å². The van der Waals surface area contributed by atoms with E-state index in [9.17, 15) is 19.7 Å². The van der Waals surface area contributed by atoms with Gasteiger partial charge in [-0.05, 0) is 35.9 Å². The summed E-state index contributed by atoms with van der Waals surface area (Å²) in [7, 11) is 3.28. The number of nitrogens with one attached hydrogen (secondary N) is 2. The molecule has 0 fully saturated rings. The first-order valence-electron chi connectivity index (χ1n) is 9.54. The highest BCUT2D eigenvalue weighted by Crippen LogP contribution is 2.27. The number of nitro groups is 1. The molecule has 3 aromatic carbocycles. The molecule has 0 unspecified atom stereocenters. The molecule has 2 amide bonds. The molecule has 0 spiro atoms. The highest BCUT2D eigenvalue weighted by atomic mass is 16.6. The van der Waals surface area contributed by atoms with Crippen LogP contribution in [0, 0.1) is 10.1 Å². The van der Waals surface area contributed by atoms with E-state index in [4.69, 9.17) is 0 Å². The molecule has 2 N–H and O–H groups in total. The molecular formula is C23H22N4O4. The van der Waals surface area contributed by atoms with Crippen LogP contribution in [0.5, 0.6) is 0 Å². The third kappa shape index (κ3) is 5.45. The van der Waals surface area contributed by atoms with Gasteiger partial charge in [0.1, 0.15) is 5.69 Å². The molecule has 0 saturated heterocycles. The lowest BCUT2D eigenvalue weighted by atomic mass is 10.1. The van der Waals surface area contributed by atoms with Crippen LogP contribution in [0.2, 0.25) is 0 Å². The zero-order valence-electron chi connectivity index (χ0n) is 17.2. The minimum Gasteiger partial charge on any atom is -0.375 e. The van der Waals surface area contributed by atoms with Crippen molar-refractivity contribution >= 4 is 28.9 Å². The molecule has 0 bridgehead atoms. The largest absolute Gasteiger partial charge is 0.375 e. The van der Waals surface area contributed by atoms with Crippen molar-refractivity contribution in [1.29, 1.82) is 0 Å². The van der Waals surface area contributed by atoms with Crippen molar-refractivity contribution in [3.63, 3.8) is 0 Å². The number of nitro benzene ring substituents is 1. The summed E-state index contributed by atoms with van der Waals surface area (Å²) in [6.45, 7) is 0.417. The molecule has 0 aliphatic rings. The molecule has 0 aliphatic heterocycles. The predicted molar refractivity (Wildman–Crippen MR) is 119 cm³/mol. The van der Waals surface area contributed by atoms with Crippen LogP contribution in [-0.4, -0.2) is 35.7 Å². The fourth-order valence-electron chi connectivity index (χ4n) is 2.96. The van der Waals surface area contributed by atoms with E-state index in [0.717, 1.165) is 5.56 Å². The second-order valence-electron chi connectivity index (χ2n) is 7.06. The van der Waals surface area contributed by atoms with Gasteiger partial charge < -0.3 is 15.5 Å². The SMILES string of the molecule is CN(C)C(=O)c1cccc(NC(=O)c2ccc(NCc3ccccc3)c([N+](=O)[O-])c2)c1. The highest BCUT2D eigenvalue weighted by molar-refractivity contribution is 6.05. The number of hydrogen-bond acceptors (Lipinski definition) is 5. The molecule has 31 heavy (non-hydrogen) atoms. The molecular weight excluding hydrogens is 396 g/mol. The predicted octanol–water partition coefficient (Wildman–Crippen LogP) is 4.16. The lowest BCUT2D eigenvalue weighted by Gasteiger charge is -2.12. The fraction of sp³-hybridized carbons (Fsp3) is 0.130. The number of anilines is 2. The van der Waals surface area contributed by atoms with Gasteiger partial charge in [0.25, 0.3) is 17.5 Å². The van der Waals surface area contributed by atoms with Crippen molar-refractivity contribution in [3.8, 4) is 0 Å². The van der Waals surface area contributed by atoms with Gasteiger partial charge in [-0.25, -0.2) is 0 Å². The third-order valence-corrected chi connectivity index (χ3v) is 4.56. The van der Waals surface area contributed by atoms with Gasteiger partial charge in [-0.1, -0.05) is 36.4 Å². The summed E-state index contributed by atoms with van der Waals surface area (Å²) < 4.78 is 0. The average molecular weight is 418 g/mol. The molecule has 0 aliphatic carbocycles. The molecule has 0 heterocycles. The average Bonchev–Trinajstić information content (AvgIpc) is 2.77. The van der Waals surface area contributed by atoms with Crippen molar-refractivity contribution in [2.24, 2.45) is 0 Å². The standard InChI is InChI=1S/C23H22N4O4/c1-26(2)23(29)18-9-6-10-19(13-18)25-22(28)17-11-12-20(21(14-17)27(30)31)24-15-16-7-4-3-5-8-16/h3-14,24H,15H2,1-2H3,(H,25,28). The van der Waals surface area contributed by atoms with Gasteiger partial charge >= 0.3 is 0 Å². The Bertz CT molecular complexity index is 1110. The Labute approximate surface area is 179 Å². The summed E-state index contributed by atoms with van der Waals surface area (Å²) >= 11 is 0. The quantitative estimate of drug-likeness (QED) is 0.443. The van der Waals surface area contributed by atoms with Gasteiger partial charge in [0, 0.05) is 43.5 Å². The molecule has 158 valence electrons. The van der Waals surface area contributed by atoms with Gasteiger partial charge in [0.05, 0.1) is 4.92 Å². The second-order valence-corrected chi connectivity index (χ2v) is 7.06. The van der Waals surface area contributed by atoms with Crippen molar-refractivity contribution in [2.75, 3.05) is 24.7 Å². The monoisotopic (exact) mass is 418 g/mol. The van der Waals surface area contributed by atoms with Crippen LogP contribution in [0.1, 0.15) is 26.3 Å². The van der Waals surface area contributed by atoms with Gasteiger partial charge in [-0.2, -0.15) is 0 Å². The van der Waals surface area contributed by atoms with E-state index in [1.807, 2.05) is 30.3 Å². The molecule has 0 aromatic heterocycles. The van der Waals surface area contributed by atoms with E-state index in [2.05, 4.69) is 10.6 Å². The summed E-state index contributed by atoms with van der Waals surface area (Å²) in [5.41, 5.74) is 2.09. The Kier molecular flexibility index (Phi) is 6.61. The van der Waals surface area contributed by atoms with Gasteiger partial charge in [-0.15, -0.1) is 0 Å². The Morgan fingerprint density at radius 3 is 2.35 bits per heavy atom. The summed E-state index contributed by atoms with van der Waals surface area (Å²) in [4.78, 5) is 37.2. The van der Waals surface area contributed by atoms with Crippen molar-refractivity contribution in [1.82, 2.24) is 4.90 Å². The van der Waals surface area contributed by atoms with E-state index in [1.165, 1.54) is 23.1 Å². The van der Waals surface area contributed by atoms with Crippen LogP contribution in [0.3, 0.4) is 0 Å². The minimum atomic E-state index is -0.527. The Balaban J connectivity index is 1.77. The zero-order chi connectivity index (χ0) is 22.4. The number of hydrogen-bond donors (Lipinski definition) is 2. The maximum Gasteiger partial charge on any atom is 0.293 e. The third-order valence-electron chi connectivity index (χ3n) is 4.56. The van der Waals surface area contributed by atoms with E-state index in [-0.39, 0.29) is 17.2 Å². The summed E-state index contributed by atoms with van der Waals surface area (Å²) in [6.07, 6.45) is 0. The first-order valence-corrected chi connectivity index (χ1v) is 9.54. The fourth-order valence-corrected chi connectivity index (χ4v) is 2.96. The minimum absolute atomic E-state index is 0.140.